The Morgan fingerprint density at radius 2 is 2.16 bits per heavy atom. The number of carboxylic acid groups (broad SMARTS) is 1. The zero-order chi connectivity index (χ0) is 14.3. The molecule has 1 amide bonds. The van der Waals surface area contributed by atoms with Crippen molar-refractivity contribution in [1.29, 1.82) is 0 Å². The van der Waals surface area contributed by atoms with Gasteiger partial charge in [0.2, 0.25) is 5.91 Å². The summed E-state index contributed by atoms with van der Waals surface area (Å²) in [5.74, 6) is -1.62. The van der Waals surface area contributed by atoms with Crippen LogP contribution in [0, 0.1) is 0 Å². The number of amides is 1. The number of carboxylic acids is 1. The number of halogens is 1. The van der Waals surface area contributed by atoms with E-state index in [9.17, 15) is 9.59 Å². The van der Waals surface area contributed by atoms with Crippen molar-refractivity contribution in [3.63, 3.8) is 0 Å². The molecule has 0 heterocycles. The summed E-state index contributed by atoms with van der Waals surface area (Å²) in [7, 11) is 1.37. The van der Waals surface area contributed by atoms with Gasteiger partial charge >= 0.3 is 5.97 Å². The summed E-state index contributed by atoms with van der Waals surface area (Å²) in [5, 5.41) is 11.2. The molecule has 0 spiro atoms. The van der Waals surface area contributed by atoms with Gasteiger partial charge in [-0.2, -0.15) is 0 Å². The number of ether oxygens (including phenoxy) is 1. The van der Waals surface area contributed by atoms with E-state index >= 15 is 0 Å². The summed E-state index contributed by atoms with van der Waals surface area (Å²) in [4.78, 5) is 22.4. The first-order valence-corrected chi connectivity index (χ1v) is 6.28. The molecule has 1 atom stereocenters. The van der Waals surface area contributed by atoms with Crippen LogP contribution < -0.4 is 5.32 Å². The lowest BCUT2D eigenvalue weighted by Gasteiger charge is -2.11. The Bertz CT molecular complexity index is 487. The summed E-state index contributed by atoms with van der Waals surface area (Å²) < 4.78 is 5.57. The number of carbonyl (C=O) groups is 2. The van der Waals surface area contributed by atoms with E-state index in [0.29, 0.717) is 0 Å². The molecule has 1 rings (SSSR count). The van der Waals surface area contributed by atoms with Crippen molar-refractivity contribution < 1.29 is 19.4 Å². The average Bonchev–Trinajstić information content (AvgIpc) is 2.37. The van der Waals surface area contributed by atoms with Crippen LogP contribution in [0.15, 0.2) is 34.8 Å². The Morgan fingerprint density at radius 1 is 1.47 bits per heavy atom. The third-order valence-corrected chi connectivity index (χ3v) is 2.99. The summed E-state index contributed by atoms with van der Waals surface area (Å²) in [6.07, 6.45) is 2.89. The molecule has 0 aliphatic rings. The lowest BCUT2D eigenvalue weighted by Crippen LogP contribution is -2.43. The number of benzene rings is 1. The molecule has 2 N–H and O–H groups in total. The number of rotatable bonds is 6. The van der Waals surface area contributed by atoms with Crippen molar-refractivity contribution in [3.05, 3.63) is 40.4 Å². The first kappa shape index (κ1) is 15.4. The topological polar surface area (TPSA) is 75.6 Å². The molecule has 1 unspecified atom stereocenters. The molecule has 19 heavy (non-hydrogen) atoms. The zero-order valence-electron chi connectivity index (χ0n) is 10.3. The van der Waals surface area contributed by atoms with E-state index in [1.54, 1.807) is 6.08 Å². The summed E-state index contributed by atoms with van der Waals surface area (Å²) in [5.41, 5.74) is 0.830. The molecule has 1 aromatic rings. The third kappa shape index (κ3) is 5.23. The van der Waals surface area contributed by atoms with E-state index in [1.807, 2.05) is 24.3 Å². The average molecular weight is 328 g/mol. The highest BCUT2D eigenvalue weighted by molar-refractivity contribution is 9.10. The second kappa shape index (κ2) is 7.70. The van der Waals surface area contributed by atoms with E-state index in [-0.39, 0.29) is 6.61 Å². The van der Waals surface area contributed by atoms with Gasteiger partial charge in [0.15, 0.2) is 6.04 Å². The summed E-state index contributed by atoms with van der Waals surface area (Å²) in [6, 6.07) is 6.33. The molecule has 6 heteroatoms. The minimum Gasteiger partial charge on any atom is -0.480 e. The van der Waals surface area contributed by atoms with Gasteiger partial charge in [-0.15, -0.1) is 0 Å². The van der Waals surface area contributed by atoms with Crippen LogP contribution in [-0.2, 0) is 14.3 Å². The lowest BCUT2D eigenvalue weighted by molar-refractivity contribution is -0.142. The Hall–Kier alpha value is -1.66. The van der Waals surface area contributed by atoms with E-state index < -0.39 is 17.9 Å². The highest BCUT2D eigenvalue weighted by Crippen LogP contribution is 2.16. The van der Waals surface area contributed by atoms with E-state index in [0.717, 1.165) is 10.0 Å². The number of carbonyl (C=O) groups excluding carboxylic acids is 1. The van der Waals surface area contributed by atoms with Gasteiger partial charge in [-0.25, -0.2) is 4.79 Å². The van der Waals surface area contributed by atoms with Crippen LogP contribution in [0.5, 0.6) is 0 Å². The number of hydrogen-bond acceptors (Lipinski definition) is 3. The number of nitrogens with one attached hydrogen (secondary N) is 1. The van der Waals surface area contributed by atoms with Gasteiger partial charge in [0.1, 0.15) is 0 Å². The molecule has 102 valence electrons. The third-order valence-electron chi connectivity index (χ3n) is 2.27. The van der Waals surface area contributed by atoms with E-state index in [1.165, 1.54) is 13.2 Å². The van der Waals surface area contributed by atoms with Crippen LogP contribution in [0.4, 0.5) is 0 Å². The van der Waals surface area contributed by atoms with Crippen LogP contribution in [0.3, 0.4) is 0 Å². The lowest BCUT2D eigenvalue weighted by atomic mass is 10.2. The highest BCUT2D eigenvalue weighted by Gasteiger charge is 2.18. The van der Waals surface area contributed by atoms with Crippen molar-refractivity contribution in [2.75, 3.05) is 13.7 Å². The van der Waals surface area contributed by atoms with Crippen LogP contribution >= 0.6 is 15.9 Å². The number of methoxy groups -OCH3 is 1. The molecule has 0 aliphatic heterocycles. The zero-order valence-corrected chi connectivity index (χ0v) is 11.9. The molecule has 1 aromatic carbocycles. The highest BCUT2D eigenvalue weighted by atomic mass is 79.9. The molecule has 0 radical (unpaired) electrons. The van der Waals surface area contributed by atoms with Crippen molar-refractivity contribution in [2.45, 2.75) is 6.04 Å². The van der Waals surface area contributed by atoms with Gasteiger partial charge in [-0.1, -0.05) is 34.1 Å². The summed E-state index contributed by atoms with van der Waals surface area (Å²) in [6.45, 7) is -0.0794. The molecule has 0 aliphatic carbocycles. The maximum atomic E-state index is 11.6. The molecule has 5 nitrogen and oxygen atoms in total. The van der Waals surface area contributed by atoms with Gasteiger partial charge in [0.25, 0.3) is 0 Å². The van der Waals surface area contributed by atoms with Gasteiger partial charge in [-0.3, -0.25) is 4.79 Å². The molecule has 0 bridgehead atoms. The largest absolute Gasteiger partial charge is 0.480 e. The van der Waals surface area contributed by atoms with Gasteiger partial charge in [0, 0.05) is 17.7 Å². The maximum absolute atomic E-state index is 11.6. The Labute approximate surface area is 119 Å². The molecule has 0 fully saturated rings. The van der Waals surface area contributed by atoms with Crippen molar-refractivity contribution >= 4 is 33.9 Å². The first-order valence-electron chi connectivity index (χ1n) is 5.49. The SMILES string of the molecule is COCC(NC(=O)/C=C/c1ccccc1Br)C(=O)O. The van der Waals surface area contributed by atoms with Crippen LogP contribution in [0.1, 0.15) is 5.56 Å². The van der Waals surface area contributed by atoms with Crippen LogP contribution in [0.2, 0.25) is 0 Å². The fourth-order valence-electron chi connectivity index (χ4n) is 1.34. The maximum Gasteiger partial charge on any atom is 0.328 e. The van der Waals surface area contributed by atoms with E-state index in [4.69, 9.17) is 9.84 Å². The fraction of sp³-hybridized carbons (Fsp3) is 0.231. The second-order valence-electron chi connectivity index (χ2n) is 3.71. The van der Waals surface area contributed by atoms with Crippen molar-refractivity contribution in [2.24, 2.45) is 0 Å². The van der Waals surface area contributed by atoms with Gasteiger partial charge in [-0.05, 0) is 17.7 Å². The second-order valence-corrected chi connectivity index (χ2v) is 4.56. The minimum absolute atomic E-state index is 0.0794. The molecule has 0 saturated carbocycles. The Morgan fingerprint density at radius 3 is 2.74 bits per heavy atom. The predicted molar refractivity (Wildman–Crippen MR) is 74.6 cm³/mol. The molecular formula is C13H14BrNO4. The molecule has 0 aromatic heterocycles. The first-order chi connectivity index (χ1) is 9.04. The smallest absolute Gasteiger partial charge is 0.328 e. The molecule has 0 saturated heterocycles. The normalized spacial score (nSPS) is 12.3. The predicted octanol–water partition coefficient (Wildman–Crippen LogP) is 1.68. The van der Waals surface area contributed by atoms with Crippen molar-refractivity contribution in [3.8, 4) is 0 Å². The Kier molecular flexibility index (Phi) is 6.24. The summed E-state index contributed by atoms with van der Waals surface area (Å²) >= 11 is 3.35. The fourth-order valence-corrected chi connectivity index (χ4v) is 1.75. The van der Waals surface area contributed by atoms with Crippen LogP contribution in [0.25, 0.3) is 6.08 Å². The Balaban J connectivity index is 2.64. The molecular weight excluding hydrogens is 314 g/mol. The van der Waals surface area contributed by atoms with Crippen molar-refractivity contribution in [1.82, 2.24) is 5.32 Å². The monoisotopic (exact) mass is 327 g/mol. The van der Waals surface area contributed by atoms with Crippen LogP contribution in [-0.4, -0.2) is 36.7 Å². The number of aliphatic carboxylic acids is 1. The standard InChI is InChI=1S/C13H14BrNO4/c1-19-8-11(13(17)18)15-12(16)7-6-9-4-2-3-5-10(9)14/h2-7,11H,8H2,1H3,(H,15,16)(H,17,18)/b7-6+. The van der Waals surface area contributed by atoms with Gasteiger partial charge in [0.05, 0.1) is 6.61 Å². The van der Waals surface area contributed by atoms with Gasteiger partial charge < -0.3 is 15.2 Å². The van der Waals surface area contributed by atoms with E-state index in [2.05, 4.69) is 21.2 Å². The minimum atomic E-state index is -1.13. The quantitative estimate of drug-likeness (QED) is 0.779. The number of hydrogen-bond donors (Lipinski definition) is 2.